The van der Waals surface area contributed by atoms with Gasteiger partial charge in [-0.1, -0.05) is 0 Å². The second-order valence-corrected chi connectivity index (χ2v) is 5.71. The van der Waals surface area contributed by atoms with E-state index in [2.05, 4.69) is 13.8 Å². The lowest BCUT2D eigenvalue weighted by atomic mass is 9.93. The lowest BCUT2D eigenvalue weighted by molar-refractivity contribution is 0.0675. The van der Waals surface area contributed by atoms with Gasteiger partial charge in [0.05, 0.1) is 0 Å². The topological polar surface area (TPSA) is 51.3 Å². The highest BCUT2D eigenvalue weighted by Crippen LogP contribution is 2.22. The van der Waals surface area contributed by atoms with E-state index in [1.165, 1.54) is 0 Å². The van der Waals surface area contributed by atoms with Gasteiger partial charge in [-0.25, -0.2) is 0 Å². The summed E-state index contributed by atoms with van der Waals surface area (Å²) in [5, 5.41) is 0. The van der Waals surface area contributed by atoms with Crippen LogP contribution in [0.4, 0.5) is 0 Å². The number of nitrogens with two attached hydrogens (primary N) is 1. The number of hydrogen-bond donors (Lipinski definition) is 1. The van der Waals surface area contributed by atoms with Crippen molar-refractivity contribution in [1.29, 1.82) is 0 Å². The summed E-state index contributed by atoms with van der Waals surface area (Å²) in [7, 11) is 0. The Morgan fingerprint density at radius 2 is 2.11 bits per heavy atom. The fraction of sp³-hybridized carbons (Fsp3) is 0.667. The Labute approximate surface area is 115 Å². The molecule has 0 radical (unpaired) electrons. The van der Waals surface area contributed by atoms with E-state index in [-0.39, 0.29) is 5.91 Å². The fourth-order valence-electron chi connectivity index (χ4n) is 2.85. The summed E-state index contributed by atoms with van der Waals surface area (Å²) < 4.78 is 2.05. The van der Waals surface area contributed by atoms with Gasteiger partial charge in [0.2, 0.25) is 0 Å². The van der Waals surface area contributed by atoms with Crippen molar-refractivity contribution < 1.29 is 4.79 Å². The van der Waals surface area contributed by atoms with Crippen LogP contribution in [0, 0.1) is 5.92 Å². The van der Waals surface area contributed by atoms with Crippen LogP contribution in [-0.2, 0) is 0 Å². The molecule has 0 aliphatic carbocycles. The smallest absolute Gasteiger partial charge is 0.270 e. The average molecular weight is 263 g/mol. The Hall–Kier alpha value is -1.29. The van der Waals surface area contributed by atoms with Gasteiger partial charge in [0, 0.05) is 25.3 Å². The van der Waals surface area contributed by atoms with Crippen LogP contribution in [-0.4, -0.2) is 35.0 Å². The first-order valence-corrected chi connectivity index (χ1v) is 7.29. The normalized spacial score (nSPS) is 17.2. The van der Waals surface area contributed by atoms with Gasteiger partial charge in [0.15, 0.2) is 0 Å². The van der Waals surface area contributed by atoms with E-state index in [1.54, 1.807) is 0 Å². The summed E-state index contributed by atoms with van der Waals surface area (Å²) in [6.45, 7) is 6.70. The van der Waals surface area contributed by atoms with Crippen LogP contribution in [0.25, 0.3) is 0 Å². The molecule has 1 aromatic rings. The first kappa shape index (κ1) is 14.1. The van der Waals surface area contributed by atoms with Crippen molar-refractivity contribution in [3.63, 3.8) is 0 Å². The van der Waals surface area contributed by atoms with Crippen LogP contribution in [0.5, 0.6) is 0 Å². The molecule has 2 N–H and O–H groups in total. The first-order chi connectivity index (χ1) is 9.13. The van der Waals surface area contributed by atoms with Gasteiger partial charge in [-0.3, -0.25) is 4.79 Å². The molecule has 4 nitrogen and oxygen atoms in total. The van der Waals surface area contributed by atoms with E-state index in [1.807, 2.05) is 27.8 Å². The lowest BCUT2D eigenvalue weighted by Gasteiger charge is -2.32. The van der Waals surface area contributed by atoms with E-state index in [4.69, 9.17) is 5.73 Å². The minimum atomic E-state index is 0.171. The quantitative estimate of drug-likeness (QED) is 0.906. The molecule has 19 heavy (non-hydrogen) atoms. The number of carbonyl (C=O) groups is 1. The van der Waals surface area contributed by atoms with Crippen molar-refractivity contribution in [2.24, 2.45) is 11.7 Å². The number of piperidine rings is 1. The third-order valence-corrected chi connectivity index (χ3v) is 4.03. The van der Waals surface area contributed by atoms with Gasteiger partial charge in [-0.15, -0.1) is 0 Å². The minimum Gasteiger partial charge on any atom is -0.341 e. The molecule has 0 aromatic carbocycles. The highest BCUT2D eigenvalue weighted by Gasteiger charge is 2.25. The maximum atomic E-state index is 12.5. The van der Waals surface area contributed by atoms with Crippen LogP contribution in [0.15, 0.2) is 18.3 Å². The third kappa shape index (κ3) is 3.18. The van der Waals surface area contributed by atoms with Gasteiger partial charge in [-0.2, -0.15) is 0 Å². The van der Waals surface area contributed by atoms with Crippen molar-refractivity contribution >= 4 is 5.91 Å². The molecule has 4 heteroatoms. The van der Waals surface area contributed by atoms with Gasteiger partial charge in [0.25, 0.3) is 5.91 Å². The molecule has 2 heterocycles. The molecule has 1 saturated heterocycles. The zero-order valence-electron chi connectivity index (χ0n) is 12.0. The molecule has 1 fully saturated rings. The Morgan fingerprint density at radius 1 is 1.42 bits per heavy atom. The van der Waals surface area contributed by atoms with Crippen LogP contribution in [0.2, 0.25) is 0 Å². The number of hydrogen-bond acceptors (Lipinski definition) is 2. The Balaban J connectivity index is 1.99. The van der Waals surface area contributed by atoms with Crippen LogP contribution in [0.1, 0.15) is 49.6 Å². The molecule has 0 unspecified atom stereocenters. The molecule has 0 atom stereocenters. The van der Waals surface area contributed by atoms with Crippen molar-refractivity contribution in [1.82, 2.24) is 9.47 Å². The summed E-state index contributed by atoms with van der Waals surface area (Å²) >= 11 is 0. The summed E-state index contributed by atoms with van der Waals surface area (Å²) in [6, 6.07) is 4.20. The van der Waals surface area contributed by atoms with Gasteiger partial charge in [0.1, 0.15) is 5.69 Å². The van der Waals surface area contributed by atoms with E-state index >= 15 is 0 Å². The summed E-state index contributed by atoms with van der Waals surface area (Å²) in [4.78, 5) is 14.5. The molecule has 1 aromatic heterocycles. The SMILES string of the molecule is CC(C)n1cccc1C(=O)N1CCC(CCN)CC1. The lowest BCUT2D eigenvalue weighted by Crippen LogP contribution is -2.39. The van der Waals surface area contributed by atoms with Crippen molar-refractivity contribution in [3.8, 4) is 0 Å². The molecule has 1 aliphatic rings. The van der Waals surface area contributed by atoms with Gasteiger partial charge < -0.3 is 15.2 Å². The molecule has 0 bridgehead atoms. The van der Waals surface area contributed by atoms with Gasteiger partial charge in [-0.05, 0) is 57.7 Å². The third-order valence-electron chi connectivity index (χ3n) is 4.03. The summed E-state index contributed by atoms with van der Waals surface area (Å²) in [5.74, 6) is 0.871. The zero-order chi connectivity index (χ0) is 13.8. The average Bonchev–Trinajstić information content (AvgIpc) is 2.88. The minimum absolute atomic E-state index is 0.171. The molecule has 2 rings (SSSR count). The molecule has 0 spiro atoms. The molecule has 0 saturated carbocycles. The molecular formula is C15H25N3O. The van der Waals surface area contributed by atoms with Gasteiger partial charge >= 0.3 is 0 Å². The maximum Gasteiger partial charge on any atom is 0.270 e. The molecule has 1 amide bonds. The largest absolute Gasteiger partial charge is 0.341 e. The second-order valence-electron chi connectivity index (χ2n) is 5.71. The summed E-state index contributed by atoms with van der Waals surface area (Å²) in [6.07, 6.45) is 5.25. The van der Waals surface area contributed by atoms with E-state index in [0.717, 1.165) is 44.6 Å². The number of carbonyl (C=O) groups excluding carboxylic acids is 1. The van der Waals surface area contributed by atoms with Crippen molar-refractivity contribution in [3.05, 3.63) is 24.0 Å². The maximum absolute atomic E-state index is 12.5. The number of likely N-dealkylation sites (tertiary alicyclic amines) is 1. The number of rotatable bonds is 4. The first-order valence-electron chi connectivity index (χ1n) is 7.29. The van der Waals surface area contributed by atoms with Crippen molar-refractivity contribution in [2.75, 3.05) is 19.6 Å². The highest BCUT2D eigenvalue weighted by atomic mass is 16.2. The Bertz CT molecular complexity index is 417. The van der Waals surface area contributed by atoms with Crippen LogP contribution in [0.3, 0.4) is 0 Å². The predicted octanol–water partition coefficient (Wildman–Crippen LogP) is 2.27. The van der Waals surface area contributed by atoms with E-state index < -0.39 is 0 Å². The monoisotopic (exact) mass is 263 g/mol. The number of nitrogens with zero attached hydrogens (tertiary/aromatic N) is 2. The van der Waals surface area contributed by atoms with Crippen LogP contribution < -0.4 is 5.73 Å². The van der Waals surface area contributed by atoms with E-state index in [0.29, 0.717) is 12.0 Å². The number of aromatic nitrogens is 1. The van der Waals surface area contributed by atoms with E-state index in [9.17, 15) is 4.79 Å². The molecule has 1 aliphatic heterocycles. The van der Waals surface area contributed by atoms with Crippen molar-refractivity contribution in [2.45, 2.75) is 39.2 Å². The highest BCUT2D eigenvalue weighted by molar-refractivity contribution is 5.92. The number of amides is 1. The summed E-state index contributed by atoms with van der Waals surface area (Å²) in [5.41, 5.74) is 6.41. The van der Waals surface area contributed by atoms with Crippen LogP contribution >= 0.6 is 0 Å². The second kappa shape index (κ2) is 6.24. The Morgan fingerprint density at radius 3 is 2.68 bits per heavy atom. The zero-order valence-corrected chi connectivity index (χ0v) is 12.0. The Kier molecular flexibility index (Phi) is 4.64. The fourth-order valence-corrected chi connectivity index (χ4v) is 2.85. The molecule has 106 valence electrons. The molecular weight excluding hydrogens is 238 g/mol. The predicted molar refractivity (Wildman–Crippen MR) is 77.1 cm³/mol. The standard InChI is InChI=1S/C15H25N3O/c1-12(2)18-9-3-4-14(18)15(19)17-10-6-13(5-8-16)7-11-17/h3-4,9,12-13H,5-8,10-11,16H2,1-2H3.